The second-order valence-corrected chi connectivity index (χ2v) is 8.71. The second kappa shape index (κ2) is 9.09. The van der Waals surface area contributed by atoms with E-state index in [0.29, 0.717) is 17.4 Å². The molecule has 0 spiro atoms. The van der Waals surface area contributed by atoms with Gasteiger partial charge in [0.2, 0.25) is 0 Å². The molecule has 1 atom stereocenters. The third-order valence-electron chi connectivity index (χ3n) is 4.95. The number of hydrogen-bond donors (Lipinski definition) is 2. The number of hydrogen-bond acceptors (Lipinski definition) is 5. The first-order chi connectivity index (χ1) is 13.9. The zero-order chi connectivity index (χ0) is 20.9. The molecule has 0 heterocycles. The monoisotopic (exact) mass is 415 g/mol. The van der Waals surface area contributed by atoms with Crippen LogP contribution in [-0.4, -0.2) is 27.1 Å². The fourth-order valence-electron chi connectivity index (χ4n) is 3.26. The Morgan fingerprint density at radius 1 is 1.14 bits per heavy atom. The molecule has 2 N–H and O–H groups in total. The van der Waals surface area contributed by atoms with Crippen LogP contribution in [0.1, 0.15) is 43.0 Å². The molecule has 1 aliphatic carbocycles. The molecule has 2 aromatic carbocycles. The average molecular weight is 416 g/mol. The van der Waals surface area contributed by atoms with E-state index < -0.39 is 15.9 Å². The molecular weight excluding hydrogens is 390 g/mol. The summed E-state index contributed by atoms with van der Waals surface area (Å²) in [6, 6.07) is 12.6. The van der Waals surface area contributed by atoms with Crippen LogP contribution in [-0.2, 0) is 10.0 Å². The fraction of sp³-hybridized carbons (Fsp3) is 0.333. The largest absolute Gasteiger partial charge is 0.495 e. The van der Waals surface area contributed by atoms with Crippen molar-refractivity contribution in [3.63, 3.8) is 0 Å². The first-order valence-electron chi connectivity index (χ1n) is 9.53. The Bertz CT molecular complexity index is 1020. The maximum atomic E-state index is 12.8. The fourth-order valence-corrected chi connectivity index (χ4v) is 4.38. The molecule has 0 aromatic heterocycles. The van der Waals surface area contributed by atoms with Gasteiger partial charge < -0.3 is 4.74 Å². The minimum atomic E-state index is -3.89. The van der Waals surface area contributed by atoms with Crippen LogP contribution in [0.4, 0.5) is 5.69 Å². The molecule has 0 radical (unpaired) electrons. The molecule has 0 aliphatic heterocycles. The quantitative estimate of drug-likeness (QED) is 0.702. The number of benzene rings is 2. The summed E-state index contributed by atoms with van der Waals surface area (Å²) in [6.07, 6.45) is 4.18. The normalized spacial score (nSPS) is 18.3. The van der Waals surface area contributed by atoms with Crippen molar-refractivity contribution < 1.29 is 17.9 Å². The van der Waals surface area contributed by atoms with Gasteiger partial charge in [-0.2, -0.15) is 5.10 Å². The molecule has 1 amide bonds. The van der Waals surface area contributed by atoms with Crippen LogP contribution in [0.15, 0.2) is 58.5 Å². The molecule has 0 saturated heterocycles. The molecule has 29 heavy (non-hydrogen) atoms. The van der Waals surface area contributed by atoms with E-state index in [1.807, 2.05) is 0 Å². The number of amides is 1. The van der Waals surface area contributed by atoms with E-state index in [2.05, 4.69) is 22.2 Å². The molecule has 7 nitrogen and oxygen atoms in total. The van der Waals surface area contributed by atoms with Crippen molar-refractivity contribution >= 4 is 27.3 Å². The zero-order valence-corrected chi connectivity index (χ0v) is 17.3. The summed E-state index contributed by atoms with van der Waals surface area (Å²) in [5.74, 6) is 0.313. The number of nitrogens with one attached hydrogen (secondary N) is 2. The molecule has 1 fully saturated rings. The van der Waals surface area contributed by atoms with Crippen LogP contribution in [0.5, 0.6) is 5.75 Å². The summed E-state index contributed by atoms with van der Waals surface area (Å²) in [7, 11) is -2.43. The van der Waals surface area contributed by atoms with Gasteiger partial charge >= 0.3 is 0 Å². The Kier molecular flexibility index (Phi) is 6.53. The van der Waals surface area contributed by atoms with Gasteiger partial charge in [-0.1, -0.05) is 31.5 Å². The van der Waals surface area contributed by atoms with Crippen molar-refractivity contribution in [3.8, 4) is 5.75 Å². The van der Waals surface area contributed by atoms with Gasteiger partial charge in [-0.25, -0.2) is 13.8 Å². The van der Waals surface area contributed by atoms with E-state index in [4.69, 9.17) is 4.74 Å². The smallest absolute Gasteiger partial charge is 0.271 e. The van der Waals surface area contributed by atoms with E-state index in [0.717, 1.165) is 25.0 Å². The Morgan fingerprint density at radius 3 is 2.69 bits per heavy atom. The van der Waals surface area contributed by atoms with Crippen LogP contribution >= 0.6 is 0 Å². The van der Waals surface area contributed by atoms with Crippen molar-refractivity contribution in [1.29, 1.82) is 0 Å². The number of carbonyl (C=O) groups excluding carboxylic acids is 1. The topological polar surface area (TPSA) is 96.9 Å². The average Bonchev–Trinajstić information content (AvgIpc) is 2.73. The zero-order valence-electron chi connectivity index (χ0n) is 16.5. The Hall–Kier alpha value is -2.87. The lowest BCUT2D eigenvalue weighted by Gasteiger charge is -2.19. The molecule has 3 rings (SSSR count). The summed E-state index contributed by atoms with van der Waals surface area (Å²) < 4.78 is 33.2. The standard InChI is InChI=1S/C21H25N3O4S/c1-15-8-3-4-11-18(15)22-23-21(25)16-9-7-10-17(14-16)29(26,27)24-19-12-5-6-13-20(19)28-2/h5-7,9-10,12-15,24H,3-4,8,11H2,1-2H3,(H,23,25)/b22-18+. The Morgan fingerprint density at radius 2 is 1.93 bits per heavy atom. The predicted molar refractivity (Wildman–Crippen MR) is 113 cm³/mol. The van der Waals surface area contributed by atoms with E-state index in [1.54, 1.807) is 30.3 Å². The van der Waals surface area contributed by atoms with E-state index >= 15 is 0 Å². The first kappa shape index (κ1) is 20.9. The highest BCUT2D eigenvalue weighted by Crippen LogP contribution is 2.26. The van der Waals surface area contributed by atoms with Crippen molar-refractivity contribution in [2.45, 2.75) is 37.5 Å². The SMILES string of the molecule is COc1ccccc1NS(=O)(=O)c1cccc(C(=O)N/N=C2\CCCCC2C)c1. The van der Waals surface area contributed by atoms with Gasteiger partial charge in [0.1, 0.15) is 5.75 Å². The minimum Gasteiger partial charge on any atom is -0.495 e. The summed E-state index contributed by atoms with van der Waals surface area (Å²) in [5, 5.41) is 4.26. The maximum Gasteiger partial charge on any atom is 0.271 e. The van der Waals surface area contributed by atoms with E-state index in [1.165, 1.54) is 31.7 Å². The molecular formula is C21H25N3O4S. The van der Waals surface area contributed by atoms with Crippen molar-refractivity contribution in [1.82, 2.24) is 5.43 Å². The van der Waals surface area contributed by atoms with Gasteiger partial charge in [0.25, 0.3) is 15.9 Å². The third-order valence-corrected chi connectivity index (χ3v) is 6.31. The lowest BCUT2D eigenvalue weighted by molar-refractivity contribution is 0.0954. The number of nitrogens with zero attached hydrogens (tertiary/aromatic N) is 1. The molecule has 1 unspecified atom stereocenters. The number of sulfonamides is 1. The van der Waals surface area contributed by atoms with Gasteiger partial charge in [-0.15, -0.1) is 0 Å². The van der Waals surface area contributed by atoms with Gasteiger partial charge in [-0.3, -0.25) is 9.52 Å². The lowest BCUT2D eigenvalue weighted by atomic mass is 9.89. The molecule has 1 aliphatic rings. The lowest BCUT2D eigenvalue weighted by Crippen LogP contribution is -2.24. The Balaban J connectivity index is 1.77. The van der Waals surface area contributed by atoms with Crippen LogP contribution < -0.4 is 14.9 Å². The summed E-state index contributed by atoms with van der Waals surface area (Å²) in [5.41, 5.74) is 4.08. The molecule has 1 saturated carbocycles. The summed E-state index contributed by atoms with van der Waals surface area (Å²) in [6.45, 7) is 2.10. The Labute approximate surface area is 171 Å². The number of methoxy groups -OCH3 is 1. The second-order valence-electron chi connectivity index (χ2n) is 7.02. The van der Waals surface area contributed by atoms with Gasteiger partial charge in [-0.05, 0) is 55.5 Å². The highest BCUT2D eigenvalue weighted by Gasteiger charge is 2.19. The molecule has 2 aromatic rings. The van der Waals surface area contributed by atoms with Gasteiger partial charge in [0, 0.05) is 11.3 Å². The van der Waals surface area contributed by atoms with Crippen LogP contribution in [0.25, 0.3) is 0 Å². The van der Waals surface area contributed by atoms with Crippen molar-refractivity contribution in [3.05, 3.63) is 54.1 Å². The minimum absolute atomic E-state index is 0.0188. The number of rotatable bonds is 6. The molecule has 0 bridgehead atoms. The molecule has 154 valence electrons. The van der Waals surface area contributed by atoms with E-state index in [9.17, 15) is 13.2 Å². The highest BCUT2D eigenvalue weighted by atomic mass is 32.2. The van der Waals surface area contributed by atoms with Crippen molar-refractivity contribution in [2.75, 3.05) is 11.8 Å². The maximum absolute atomic E-state index is 12.8. The third kappa shape index (κ3) is 5.14. The summed E-state index contributed by atoms with van der Waals surface area (Å²) >= 11 is 0. The van der Waals surface area contributed by atoms with E-state index in [-0.39, 0.29) is 10.5 Å². The van der Waals surface area contributed by atoms with Gasteiger partial charge in [0.15, 0.2) is 0 Å². The first-order valence-corrected chi connectivity index (χ1v) is 11.0. The number of carbonyl (C=O) groups is 1. The van der Waals surface area contributed by atoms with Crippen LogP contribution in [0, 0.1) is 5.92 Å². The molecule has 8 heteroatoms. The highest BCUT2D eigenvalue weighted by molar-refractivity contribution is 7.92. The van der Waals surface area contributed by atoms with Crippen LogP contribution in [0.2, 0.25) is 0 Å². The number of para-hydroxylation sites is 2. The number of anilines is 1. The number of ether oxygens (including phenoxy) is 1. The summed E-state index contributed by atoms with van der Waals surface area (Å²) in [4.78, 5) is 12.5. The van der Waals surface area contributed by atoms with Crippen molar-refractivity contribution in [2.24, 2.45) is 11.0 Å². The number of hydrazone groups is 1. The van der Waals surface area contributed by atoms with Gasteiger partial charge in [0.05, 0.1) is 17.7 Å². The van der Waals surface area contributed by atoms with Crippen LogP contribution in [0.3, 0.4) is 0 Å². The predicted octanol–water partition coefficient (Wildman–Crippen LogP) is 3.79.